The fraction of sp³-hybridized carbons (Fsp3) is 0.323. The highest BCUT2D eigenvalue weighted by Gasteiger charge is 2.32. The van der Waals surface area contributed by atoms with E-state index < -0.39 is 0 Å². The first-order valence-corrected chi connectivity index (χ1v) is 14.0. The van der Waals surface area contributed by atoms with Gasteiger partial charge in [0.05, 0.1) is 5.02 Å². The van der Waals surface area contributed by atoms with Gasteiger partial charge in [0, 0.05) is 34.3 Å². The van der Waals surface area contributed by atoms with Gasteiger partial charge in [-0.15, -0.1) is 11.3 Å². The van der Waals surface area contributed by atoms with Crippen molar-refractivity contribution in [3.8, 4) is 11.1 Å². The van der Waals surface area contributed by atoms with Crippen molar-refractivity contribution in [1.82, 2.24) is 9.80 Å². The van der Waals surface area contributed by atoms with Crippen LogP contribution in [0.3, 0.4) is 0 Å². The number of halogens is 2. The highest BCUT2D eigenvalue weighted by molar-refractivity contribution is 7.21. The molecule has 0 radical (unpaired) electrons. The van der Waals surface area contributed by atoms with Crippen LogP contribution in [0.25, 0.3) is 21.2 Å². The number of hydrogen-bond acceptors (Lipinski definition) is 3. The van der Waals surface area contributed by atoms with Crippen LogP contribution in [0.2, 0.25) is 5.02 Å². The Labute approximate surface area is 227 Å². The Bertz CT molecular complexity index is 1410. The first kappa shape index (κ1) is 25.9. The minimum atomic E-state index is -0.293. The number of thiophene rings is 1. The molecule has 192 valence electrons. The number of fused-ring (bicyclic) bond motifs is 1. The van der Waals surface area contributed by atoms with Gasteiger partial charge in [0.25, 0.3) is 5.91 Å². The number of benzene rings is 3. The number of carbonyl (C=O) groups is 1. The van der Waals surface area contributed by atoms with Crippen molar-refractivity contribution < 1.29 is 9.18 Å². The molecule has 0 unspecified atom stereocenters. The Kier molecular flexibility index (Phi) is 7.66. The van der Waals surface area contributed by atoms with E-state index in [2.05, 4.69) is 43.3 Å². The molecule has 1 saturated carbocycles. The Hall–Kier alpha value is -2.73. The molecule has 3 nitrogen and oxygen atoms in total. The van der Waals surface area contributed by atoms with Crippen LogP contribution in [0.15, 0.2) is 66.7 Å². The molecule has 1 amide bonds. The average molecular weight is 535 g/mol. The van der Waals surface area contributed by atoms with Crippen molar-refractivity contribution in [3.05, 3.63) is 93.6 Å². The summed E-state index contributed by atoms with van der Waals surface area (Å²) in [6.07, 6.45) is 3.79. The van der Waals surface area contributed by atoms with E-state index in [0.29, 0.717) is 21.5 Å². The highest BCUT2D eigenvalue weighted by Crippen LogP contribution is 2.38. The van der Waals surface area contributed by atoms with E-state index in [1.54, 1.807) is 6.07 Å². The summed E-state index contributed by atoms with van der Waals surface area (Å²) in [4.78, 5) is 18.7. The van der Waals surface area contributed by atoms with Gasteiger partial charge in [0.15, 0.2) is 0 Å². The van der Waals surface area contributed by atoms with Gasteiger partial charge >= 0.3 is 0 Å². The zero-order chi connectivity index (χ0) is 26.1. The predicted octanol–water partition coefficient (Wildman–Crippen LogP) is 8.18. The fourth-order valence-corrected chi connectivity index (χ4v) is 6.81. The molecule has 0 N–H and O–H groups in total. The molecule has 5 rings (SSSR count). The molecule has 0 atom stereocenters. The maximum Gasteiger partial charge on any atom is 0.266 e. The van der Waals surface area contributed by atoms with Crippen LogP contribution in [0.4, 0.5) is 4.39 Å². The normalized spacial score (nSPS) is 17.9. The Morgan fingerprint density at radius 3 is 2.27 bits per heavy atom. The van der Waals surface area contributed by atoms with E-state index in [-0.39, 0.29) is 24.3 Å². The van der Waals surface area contributed by atoms with Gasteiger partial charge < -0.3 is 9.80 Å². The summed E-state index contributed by atoms with van der Waals surface area (Å²) in [5.74, 6) is -0.405. The lowest BCUT2D eigenvalue weighted by Crippen LogP contribution is -2.44. The summed E-state index contributed by atoms with van der Waals surface area (Å²) in [6, 6.07) is 21.8. The lowest BCUT2D eigenvalue weighted by molar-refractivity contribution is 0.0572. The Morgan fingerprint density at radius 2 is 1.59 bits per heavy atom. The van der Waals surface area contributed by atoms with Crippen molar-refractivity contribution >= 4 is 38.9 Å². The monoisotopic (exact) mass is 534 g/mol. The van der Waals surface area contributed by atoms with E-state index in [0.717, 1.165) is 46.9 Å². The number of rotatable bonds is 6. The van der Waals surface area contributed by atoms with Crippen molar-refractivity contribution in [3.63, 3.8) is 0 Å². The molecule has 0 saturated heterocycles. The van der Waals surface area contributed by atoms with Gasteiger partial charge in [0.2, 0.25) is 0 Å². The van der Waals surface area contributed by atoms with Crippen molar-refractivity contribution in [2.75, 3.05) is 14.1 Å². The molecule has 1 aliphatic rings. The molecule has 0 spiro atoms. The maximum absolute atomic E-state index is 15.2. The van der Waals surface area contributed by atoms with Crippen molar-refractivity contribution in [1.29, 1.82) is 0 Å². The second kappa shape index (κ2) is 10.9. The van der Waals surface area contributed by atoms with Crippen LogP contribution in [0, 0.1) is 12.7 Å². The molecule has 0 aliphatic heterocycles. The van der Waals surface area contributed by atoms with Gasteiger partial charge in [-0.05, 0) is 76.0 Å². The number of aryl methyl sites for hydroxylation is 1. The minimum absolute atomic E-state index is 0.0346. The molecular weight excluding hydrogens is 503 g/mol. The second-order valence-electron chi connectivity index (χ2n) is 10.3. The number of amides is 1. The number of hydrogen-bond donors (Lipinski definition) is 0. The van der Waals surface area contributed by atoms with Gasteiger partial charge in [-0.3, -0.25) is 4.79 Å². The van der Waals surface area contributed by atoms with Gasteiger partial charge in [0.1, 0.15) is 10.7 Å². The summed E-state index contributed by atoms with van der Waals surface area (Å²) >= 11 is 8.15. The summed E-state index contributed by atoms with van der Waals surface area (Å²) in [5.41, 5.74) is 3.68. The molecule has 1 fully saturated rings. The van der Waals surface area contributed by atoms with Gasteiger partial charge in [-0.25, -0.2) is 4.39 Å². The quantitative estimate of drug-likeness (QED) is 0.249. The molecule has 4 aromatic rings. The third-order valence-electron chi connectivity index (χ3n) is 7.60. The largest absolute Gasteiger partial charge is 0.330 e. The van der Waals surface area contributed by atoms with Crippen LogP contribution in [-0.4, -0.2) is 41.9 Å². The zero-order valence-electron chi connectivity index (χ0n) is 21.5. The van der Waals surface area contributed by atoms with E-state index >= 15 is 4.39 Å². The second-order valence-corrected chi connectivity index (χ2v) is 11.7. The van der Waals surface area contributed by atoms with E-state index in [1.165, 1.54) is 23.0 Å². The molecule has 37 heavy (non-hydrogen) atoms. The predicted molar refractivity (Wildman–Crippen MR) is 153 cm³/mol. The average Bonchev–Trinajstić information content (AvgIpc) is 3.25. The molecular formula is C31H32ClFN2OS. The smallest absolute Gasteiger partial charge is 0.266 e. The SMILES string of the molecule is Cc1ccc(-c2ccc(F)c(CN(C(=O)c3sc4ccccc4c3Cl)[C@H]3CC[C@H](N(C)C)CC3)c2)cc1. The molecule has 1 heterocycles. The van der Waals surface area contributed by atoms with E-state index in [1.807, 2.05) is 42.2 Å². The minimum Gasteiger partial charge on any atom is -0.330 e. The van der Waals surface area contributed by atoms with E-state index in [9.17, 15) is 4.79 Å². The standard InChI is InChI=1S/C31H32ClFN2OS/c1-20-8-10-21(11-9-20)22-12-17-27(33)23(18-22)19-35(25-15-13-24(14-16-25)34(2)3)31(36)30-29(32)26-6-4-5-7-28(26)37-30/h4-12,17-18,24-25H,13-16,19H2,1-3H3/t24-,25-. The fourth-order valence-electron chi connectivity index (χ4n) is 5.34. The lowest BCUT2D eigenvalue weighted by Gasteiger charge is -2.39. The molecule has 1 aromatic heterocycles. The molecule has 6 heteroatoms. The van der Waals surface area contributed by atoms with Crippen LogP contribution in [0.5, 0.6) is 0 Å². The number of nitrogens with zero attached hydrogens (tertiary/aromatic N) is 2. The third-order valence-corrected chi connectivity index (χ3v) is 9.26. The molecule has 3 aromatic carbocycles. The van der Waals surface area contributed by atoms with Gasteiger partial charge in [-0.1, -0.05) is 65.7 Å². The van der Waals surface area contributed by atoms with Crippen LogP contribution in [-0.2, 0) is 6.54 Å². The summed E-state index contributed by atoms with van der Waals surface area (Å²) in [5, 5.41) is 1.38. The topological polar surface area (TPSA) is 23.6 Å². The van der Waals surface area contributed by atoms with Crippen LogP contribution < -0.4 is 0 Å². The Balaban J connectivity index is 1.50. The number of carbonyl (C=O) groups excluding carboxylic acids is 1. The summed E-state index contributed by atoms with van der Waals surface area (Å²) in [7, 11) is 4.22. The zero-order valence-corrected chi connectivity index (χ0v) is 23.1. The summed E-state index contributed by atoms with van der Waals surface area (Å²) < 4.78 is 16.2. The molecule has 0 bridgehead atoms. The maximum atomic E-state index is 15.2. The Morgan fingerprint density at radius 1 is 0.946 bits per heavy atom. The van der Waals surface area contributed by atoms with Gasteiger partial charge in [-0.2, -0.15) is 0 Å². The third kappa shape index (κ3) is 5.45. The highest BCUT2D eigenvalue weighted by atomic mass is 35.5. The van der Waals surface area contributed by atoms with Crippen LogP contribution in [0.1, 0.15) is 46.5 Å². The van der Waals surface area contributed by atoms with Crippen LogP contribution >= 0.6 is 22.9 Å². The van der Waals surface area contributed by atoms with Crippen molar-refractivity contribution in [2.45, 2.75) is 51.2 Å². The van der Waals surface area contributed by atoms with Crippen molar-refractivity contribution in [2.24, 2.45) is 0 Å². The first-order chi connectivity index (χ1) is 17.8. The lowest BCUT2D eigenvalue weighted by atomic mass is 9.89. The first-order valence-electron chi connectivity index (χ1n) is 12.8. The summed E-state index contributed by atoms with van der Waals surface area (Å²) in [6.45, 7) is 2.26. The molecule has 1 aliphatic carbocycles. The van der Waals surface area contributed by atoms with E-state index in [4.69, 9.17) is 11.6 Å².